The van der Waals surface area contributed by atoms with Gasteiger partial charge >= 0.3 is 0 Å². The predicted octanol–water partition coefficient (Wildman–Crippen LogP) is 4.58. The molecule has 1 unspecified atom stereocenters. The van der Waals surface area contributed by atoms with E-state index in [1.54, 1.807) is 18.2 Å². The largest absolute Gasteiger partial charge is 0.486 e. The first kappa shape index (κ1) is 21.9. The molecule has 2 amide bonds. The molecule has 0 fully saturated rings. The highest BCUT2D eigenvalue weighted by Crippen LogP contribution is 2.34. The highest BCUT2D eigenvalue weighted by molar-refractivity contribution is 7.12. The Morgan fingerprint density at radius 1 is 0.969 bits per heavy atom. The van der Waals surface area contributed by atoms with E-state index in [1.807, 2.05) is 41.8 Å². The number of thiophene rings is 1. The molecule has 0 spiro atoms. The van der Waals surface area contributed by atoms with E-state index >= 15 is 0 Å². The summed E-state index contributed by atoms with van der Waals surface area (Å²) in [6, 6.07) is 16.6. The van der Waals surface area contributed by atoms with Crippen molar-refractivity contribution in [2.24, 2.45) is 5.92 Å². The molecule has 166 valence electrons. The lowest BCUT2D eigenvalue weighted by Gasteiger charge is -2.25. The molecule has 3 aromatic rings. The van der Waals surface area contributed by atoms with Crippen LogP contribution in [0, 0.1) is 5.92 Å². The van der Waals surface area contributed by atoms with Crippen molar-refractivity contribution < 1.29 is 19.1 Å². The second-order valence-electron chi connectivity index (χ2n) is 7.96. The fourth-order valence-electron chi connectivity index (χ4n) is 3.56. The third-order valence-electron chi connectivity index (χ3n) is 5.29. The Morgan fingerprint density at radius 3 is 2.41 bits per heavy atom. The molecular weight excluding hydrogens is 424 g/mol. The number of ether oxygens (including phenoxy) is 2. The Kier molecular flexibility index (Phi) is 6.75. The Labute approximate surface area is 191 Å². The van der Waals surface area contributed by atoms with Crippen molar-refractivity contribution >= 4 is 23.2 Å². The van der Waals surface area contributed by atoms with E-state index in [0.29, 0.717) is 35.9 Å². The molecule has 1 aliphatic heterocycles. The minimum atomic E-state index is -0.164. The highest BCUT2D eigenvalue weighted by Gasteiger charge is 2.22. The van der Waals surface area contributed by atoms with Gasteiger partial charge in [0.2, 0.25) is 0 Å². The molecule has 0 radical (unpaired) electrons. The molecule has 0 saturated carbocycles. The molecule has 0 bridgehead atoms. The van der Waals surface area contributed by atoms with E-state index in [1.165, 1.54) is 11.3 Å². The lowest BCUT2D eigenvalue weighted by Crippen LogP contribution is -2.32. The van der Waals surface area contributed by atoms with E-state index in [-0.39, 0.29) is 23.8 Å². The van der Waals surface area contributed by atoms with Gasteiger partial charge in [0.1, 0.15) is 13.2 Å². The zero-order valence-electron chi connectivity index (χ0n) is 18.1. The maximum Gasteiger partial charge on any atom is 0.261 e. The molecule has 0 aliphatic carbocycles. The fraction of sp³-hybridized carbons (Fsp3) is 0.280. The summed E-state index contributed by atoms with van der Waals surface area (Å²) in [7, 11) is 0. The Hall–Kier alpha value is -3.32. The summed E-state index contributed by atoms with van der Waals surface area (Å²) in [5.74, 6) is 1.39. The zero-order chi connectivity index (χ0) is 22.5. The number of carbonyl (C=O) groups excluding carboxylic acids is 2. The number of carbonyl (C=O) groups is 2. The first-order valence-corrected chi connectivity index (χ1v) is 11.5. The first-order chi connectivity index (χ1) is 15.5. The molecule has 32 heavy (non-hydrogen) atoms. The topological polar surface area (TPSA) is 76.7 Å². The summed E-state index contributed by atoms with van der Waals surface area (Å²) < 4.78 is 11.3. The van der Waals surface area contributed by atoms with Crippen LogP contribution in [0.3, 0.4) is 0 Å². The Balaban J connectivity index is 1.40. The number of nitrogens with one attached hydrogen (secondary N) is 2. The molecule has 7 heteroatoms. The zero-order valence-corrected chi connectivity index (χ0v) is 18.9. The molecular formula is C25H26N2O4S. The number of benzene rings is 2. The summed E-state index contributed by atoms with van der Waals surface area (Å²) in [4.78, 5) is 25.7. The number of fused-ring (bicyclic) bond motifs is 1. The van der Waals surface area contributed by atoms with Crippen molar-refractivity contribution in [1.29, 1.82) is 0 Å². The first-order valence-electron chi connectivity index (χ1n) is 10.6. The Morgan fingerprint density at radius 2 is 1.72 bits per heavy atom. The van der Waals surface area contributed by atoms with Crippen LogP contribution in [0.4, 0.5) is 0 Å². The quantitative estimate of drug-likeness (QED) is 0.553. The number of hydrogen-bond donors (Lipinski definition) is 2. The van der Waals surface area contributed by atoms with E-state index in [2.05, 4.69) is 24.5 Å². The number of rotatable bonds is 7. The van der Waals surface area contributed by atoms with Gasteiger partial charge in [0.05, 0.1) is 10.9 Å². The lowest BCUT2D eigenvalue weighted by molar-refractivity contribution is 0.0922. The van der Waals surface area contributed by atoms with Crippen LogP contribution in [0.1, 0.15) is 51.0 Å². The molecule has 2 aromatic carbocycles. The summed E-state index contributed by atoms with van der Waals surface area (Å²) in [6.07, 6.45) is 0. The normalized spacial score (nSPS) is 13.5. The second kappa shape index (κ2) is 9.87. The smallest absolute Gasteiger partial charge is 0.261 e. The standard InChI is InChI=1S/C25H26N2O4S/c1-16(2)23(19-9-10-20-21(14-19)31-12-11-30-20)27-24(28)18-7-5-17(6-8-18)15-26-25(29)22-4-3-13-32-22/h3-10,13-14,16,23H,11-12,15H2,1-2H3,(H,26,29)(H,27,28). The molecule has 1 aliphatic rings. The van der Waals surface area contributed by atoms with Crippen LogP contribution >= 0.6 is 11.3 Å². The molecule has 4 rings (SSSR count). The molecule has 2 N–H and O–H groups in total. The van der Waals surface area contributed by atoms with Crippen molar-refractivity contribution in [3.8, 4) is 11.5 Å². The van der Waals surface area contributed by atoms with Crippen LogP contribution in [0.5, 0.6) is 11.5 Å². The summed E-state index contributed by atoms with van der Waals surface area (Å²) >= 11 is 1.41. The monoisotopic (exact) mass is 450 g/mol. The fourth-order valence-corrected chi connectivity index (χ4v) is 4.20. The SMILES string of the molecule is CC(C)C(NC(=O)c1ccc(CNC(=O)c2cccs2)cc1)c1ccc2c(c1)OCCO2. The van der Waals surface area contributed by atoms with Gasteiger partial charge in [-0.2, -0.15) is 0 Å². The minimum Gasteiger partial charge on any atom is -0.486 e. The van der Waals surface area contributed by atoms with Crippen molar-refractivity contribution in [3.63, 3.8) is 0 Å². The molecule has 1 atom stereocenters. The summed E-state index contributed by atoms with van der Waals surface area (Å²) in [5.41, 5.74) is 2.48. The number of hydrogen-bond acceptors (Lipinski definition) is 5. The number of amides is 2. The van der Waals surface area contributed by atoms with E-state index < -0.39 is 0 Å². The van der Waals surface area contributed by atoms with E-state index in [9.17, 15) is 9.59 Å². The average molecular weight is 451 g/mol. The van der Waals surface area contributed by atoms with E-state index in [0.717, 1.165) is 16.9 Å². The second-order valence-corrected chi connectivity index (χ2v) is 8.90. The minimum absolute atomic E-state index is 0.0963. The van der Waals surface area contributed by atoms with Crippen LogP contribution < -0.4 is 20.1 Å². The Bertz CT molecular complexity index is 1080. The van der Waals surface area contributed by atoms with Gasteiger partial charge in [-0.15, -0.1) is 11.3 Å². The third-order valence-corrected chi connectivity index (χ3v) is 6.16. The third kappa shape index (κ3) is 5.11. The highest BCUT2D eigenvalue weighted by atomic mass is 32.1. The van der Waals surface area contributed by atoms with Crippen molar-refractivity contribution in [3.05, 3.63) is 81.5 Å². The van der Waals surface area contributed by atoms with Crippen LogP contribution in [0.25, 0.3) is 0 Å². The summed E-state index contributed by atoms with van der Waals surface area (Å²) in [6.45, 7) is 5.62. The van der Waals surface area contributed by atoms with Gasteiger partial charge < -0.3 is 20.1 Å². The maximum atomic E-state index is 12.9. The van der Waals surface area contributed by atoms with Crippen LogP contribution in [-0.2, 0) is 6.54 Å². The van der Waals surface area contributed by atoms with E-state index in [4.69, 9.17) is 9.47 Å². The van der Waals surface area contributed by atoms with Crippen molar-refractivity contribution in [2.75, 3.05) is 13.2 Å². The van der Waals surface area contributed by atoms with Crippen molar-refractivity contribution in [2.45, 2.75) is 26.4 Å². The van der Waals surface area contributed by atoms with Gasteiger partial charge in [0.25, 0.3) is 11.8 Å². The predicted molar refractivity (Wildman–Crippen MR) is 124 cm³/mol. The van der Waals surface area contributed by atoms with Gasteiger partial charge in [0, 0.05) is 12.1 Å². The van der Waals surface area contributed by atoms with Gasteiger partial charge in [-0.05, 0) is 52.8 Å². The van der Waals surface area contributed by atoms with Crippen LogP contribution in [0.2, 0.25) is 0 Å². The van der Waals surface area contributed by atoms with Crippen LogP contribution in [0.15, 0.2) is 60.0 Å². The van der Waals surface area contributed by atoms with Gasteiger partial charge in [0.15, 0.2) is 11.5 Å². The maximum absolute atomic E-state index is 12.9. The van der Waals surface area contributed by atoms with Gasteiger partial charge in [-0.25, -0.2) is 0 Å². The molecule has 6 nitrogen and oxygen atoms in total. The molecule has 0 saturated heterocycles. The van der Waals surface area contributed by atoms with Gasteiger partial charge in [-0.1, -0.05) is 38.1 Å². The van der Waals surface area contributed by atoms with Crippen molar-refractivity contribution in [1.82, 2.24) is 10.6 Å². The molecule has 2 heterocycles. The molecule has 1 aromatic heterocycles. The summed E-state index contributed by atoms with van der Waals surface area (Å²) in [5, 5.41) is 7.91. The lowest BCUT2D eigenvalue weighted by atomic mass is 9.95. The van der Waals surface area contributed by atoms with Crippen LogP contribution in [-0.4, -0.2) is 25.0 Å². The average Bonchev–Trinajstić information content (AvgIpc) is 3.36. The van der Waals surface area contributed by atoms with Gasteiger partial charge in [-0.3, -0.25) is 9.59 Å².